The number of nitrogens with one attached hydrogen (secondary N) is 1. The maximum atomic E-state index is 12.0. The standard InChI is InChI=1S/C20H33N3O2/c1-7-15(4)16-8-10-17(11-9-16)20(14(2)3)22-12-18(24)21-13-19(25)23(5)6/h8-11,14-15,20,22H,7,12-13H2,1-6H3,(H,21,24)/p+1/t15-,20-/m1/s1. The number of nitrogens with zero attached hydrogens (tertiary/aromatic N) is 1. The number of nitrogens with two attached hydrogens (primary N) is 1. The van der Waals surface area contributed by atoms with Crippen LogP contribution in [0.25, 0.3) is 0 Å². The molecule has 0 bridgehead atoms. The lowest BCUT2D eigenvalue weighted by Crippen LogP contribution is -2.88. The van der Waals surface area contributed by atoms with Gasteiger partial charge in [-0.3, -0.25) is 9.59 Å². The molecule has 0 radical (unpaired) electrons. The number of rotatable bonds is 9. The van der Waals surface area contributed by atoms with Crippen LogP contribution in [0.4, 0.5) is 0 Å². The predicted molar refractivity (Wildman–Crippen MR) is 101 cm³/mol. The van der Waals surface area contributed by atoms with Gasteiger partial charge in [-0.15, -0.1) is 0 Å². The lowest BCUT2D eigenvalue weighted by molar-refractivity contribution is -0.692. The van der Waals surface area contributed by atoms with Crippen LogP contribution in [0, 0.1) is 5.92 Å². The zero-order valence-corrected chi connectivity index (χ0v) is 16.5. The Kier molecular flexibility index (Phi) is 8.62. The number of benzene rings is 1. The van der Waals surface area contributed by atoms with Crippen molar-refractivity contribution in [2.45, 2.75) is 46.1 Å². The van der Waals surface area contributed by atoms with E-state index in [-0.39, 0.29) is 24.4 Å². The Morgan fingerprint density at radius 3 is 2.12 bits per heavy atom. The van der Waals surface area contributed by atoms with Crippen LogP contribution in [-0.4, -0.2) is 43.9 Å². The first kappa shape index (κ1) is 21.2. The quantitative estimate of drug-likeness (QED) is 0.713. The second kappa shape index (κ2) is 10.2. The van der Waals surface area contributed by atoms with Crippen LogP contribution >= 0.6 is 0 Å². The van der Waals surface area contributed by atoms with E-state index in [9.17, 15) is 9.59 Å². The maximum absolute atomic E-state index is 12.0. The smallest absolute Gasteiger partial charge is 0.275 e. The third-order valence-electron chi connectivity index (χ3n) is 4.71. The molecule has 1 aromatic rings. The molecule has 0 aliphatic carbocycles. The van der Waals surface area contributed by atoms with Gasteiger partial charge in [-0.1, -0.05) is 52.0 Å². The maximum Gasteiger partial charge on any atom is 0.275 e. The first-order valence-corrected chi connectivity index (χ1v) is 9.16. The van der Waals surface area contributed by atoms with Crippen molar-refractivity contribution in [2.75, 3.05) is 27.2 Å². The molecule has 0 aliphatic rings. The van der Waals surface area contributed by atoms with Gasteiger partial charge < -0.3 is 15.5 Å². The highest BCUT2D eigenvalue weighted by Gasteiger charge is 2.21. The molecule has 0 aliphatic heterocycles. The van der Waals surface area contributed by atoms with Crippen LogP contribution in [0.3, 0.4) is 0 Å². The van der Waals surface area contributed by atoms with E-state index in [4.69, 9.17) is 0 Å². The third kappa shape index (κ3) is 6.86. The number of carbonyl (C=O) groups excluding carboxylic acids is 2. The Balaban J connectivity index is 2.62. The zero-order valence-electron chi connectivity index (χ0n) is 16.5. The average Bonchev–Trinajstić information content (AvgIpc) is 2.59. The van der Waals surface area contributed by atoms with E-state index in [0.717, 1.165) is 6.42 Å². The van der Waals surface area contributed by atoms with Gasteiger partial charge in [0.05, 0.1) is 6.54 Å². The van der Waals surface area contributed by atoms with Gasteiger partial charge in [0.25, 0.3) is 5.91 Å². The molecular formula is C20H34N3O2+. The third-order valence-corrected chi connectivity index (χ3v) is 4.71. The molecule has 2 atom stereocenters. The van der Waals surface area contributed by atoms with Crippen molar-refractivity contribution in [3.05, 3.63) is 35.4 Å². The Hall–Kier alpha value is -1.88. The molecule has 0 saturated heterocycles. The van der Waals surface area contributed by atoms with E-state index in [1.807, 2.05) is 0 Å². The van der Waals surface area contributed by atoms with Gasteiger partial charge in [-0.2, -0.15) is 0 Å². The number of likely N-dealkylation sites (N-methyl/N-ethyl adjacent to an activating group) is 1. The predicted octanol–water partition coefficient (Wildman–Crippen LogP) is 1.67. The Morgan fingerprint density at radius 2 is 1.64 bits per heavy atom. The minimum atomic E-state index is -0.114. The molecule has 0 saturated carbocycles. The molecule has 25 heavy (non-hydrogen) atoms. The summed E-state index contributed by atoms with van der Waals surface area (Å²) >= 11 is 0. The Labute approximate surface area is 152 Å². The number of quaternary nitrogens is 1. The Morgan fingerprint density at radius 1 is 1.08 bits per heavy atom. The van der Waals surface area contributed by atoms with Gasteiger partial charge in [-0.25, -0.2) is 0 Å². The van der Waals surface area contributed by atoms with Crippen molar-refractivity contribution in [3.8, 4) is 0 Å². The number of hydrogen-bond donors (Lipinski definition) is 2. The second-order valence-corrected chi connectivity index (χ2v) is 7.25. The number of hydrogen-bond acceptors (Lipinski definition) is 2. The van der Waals surface area contributed by atoms with Crippen LogP contribution in [0.1, 0.15) is 57.2 Å². The van der Waals surface area contributed by atoms with Crippen LogP contribution in [0.5, 0.6) is 0 Å². The van der Waals surface area contributed by atoms with Crippen molar-refractivity contribution in [2.24, 2.45) is 5.92 Å². The van der Waals surface area contributed by atoms with Gasteiger partial charge in [0, 0.05) is 25.6 Å². The summed E-state index contributed by atoms with van der Waals surface area (Å²) in [5.74, 6) is 0.757. The molecule has 140 valence electrons. The van der Waals surface area contributed by atoms with E-state index >= 15 is 0 Å². The summed E-state index contributed by atoms with van der Waals surface area (Å²) in [6.07, 6.45) is 1.13. The molecule has 1 aromatic carbocycles. The zero-order chi connectivity index (χ0) is 19.0. The molecule has 2 amide bonds. The van der Waals surface area contributed by atoms with Crippen molar-refractivity contribution in [3.63, 3.8) is 0 Å². The van der Waals surface area contributed by atoms with Crippen LogP contribution in [0.15, 0.2) is 24.3 Å². The fourth-order valence-electron chi connectivity index (χ4n) is 2.71. The highest BCUT2D eigenvalue weighted by atomic mass is 16.2. The van der Waals surface area contributed by atoms with E-state index in [0.29, 0.717) is 18.4 Å². The SMILES string of the molecule is CC[C@@H](C)c1ccc([C@H]([NH2+]CC(=O)NCC(=O)N(C)C)C(C)C)cc1. The molecular weight excluding hydrogens is 314 g/mol. The molecule has 3 N–H and O–H groups in total. The molecule has 0 unspecified atom stereocenters. The first-order chi connectivity index (χ1) is 11.8. The molecule has 0 spiro atoms. The molecule has 0 heterocycles. The van der Waals surface area contributed by atoms with Crippen molar-refractivity contribution in [1.29, 1.82) is 0 Å². The average molecular weight is 349 g/mol. The molecule has 1 rings (SSSR count). The van der Waals surface area contributed by atoms with Crippen molar-refractivity contribution in [1.82, 2.24) is 10.2 Å². The number of amides is 2. The van der Waals surface area contributed by atoms with E-state index in [2.05, 4.69) is 62.6 Å². The summed E-state index contributed by atoms with van der Waals surface area (Å²) in [5.41, 5.74) is 2.59. The van der Waals surface area contributed by atoms with E-state index in [1.165, 1.54) is 16.0 Å². The highest BCUT2D eigenvalue weighted by molar-refractivity contribution is 5.84. The minimum Gasteiger partial charge on any atom is -0.347 e. The largest absolute Gasteiger partial charge is 0.347 e. The first-order valence-electron chi connectivity index (χ1n) is 9.16. The van der Waals surface area contributed by atoms with Gasteiger partial charge >= 0.3 is 0 Å². The Bertz CT molecular complexity index is 553. The second-order valence-electron chi connectivity index (χ2n) is 7.25. The van der Waals surface area contributed by atoms with Gasteiger partial charge in [0.1, 0.15) is 6.04 Å². The van der Waals surface area contributed by atoms with E-state index in [1.54, 1.807) is 14.1 Å². The minimum absolute atomic E-state index is 0.0512. The summed E-state index contributed by atoms with van der Waals surface area (Å²) in [4.78, 5) is 25.0. The normalized spacial score (nSPS) is 13.4. The molecule has 0 aromatic heterocycles. The topological polar surface area (TPSA) is 66.0 Å². The molecule has 5 nitrogen and oxygen atoms in total. The lowest BCUT2D eigenvalue weighted by atomic mass is 9.92. The van der Waals surface area contributed by atoms with Crippen molar-refractivity contribution < 1.29 is 14.9 Å². The van der Waals surface area contributed by atoms with Crippen LogP contribution in [-0.2, 0) is 9.59 Å². The van der Waals surface area contributed by atoms with Crippen LogP contribution < -0.4 is 10.6 Å². The van der Waals surface area contributed by atoms with Gasteiger partial charge in [0.15, 0.2) is 6.54 Å². The molecule has 0 fully saturated rings. The summed E-state index contributed by atoms with van der Waals surface area (Å²) in [5, 5.41) is 4.73. The summed E-state index contributed by atoms with van der Waals surface area (Å²) < 4.78 is 0. The fourth-order valence-corrected chi connectivity index (χ4v) is 2.71. The molecule has 5 heteroatoms. The lowest BCUT2D eigenvalue weighted by Gasteiger charge is -2.20. The summed E-state index contributed by atoms with van der Waals surface area (Å²) in [7, 11) is 3.36. The summed E-state index contributed by atoms with van der Waals surface area (Å²) in [6.45, 7) is 9.13. The van der Waals surface area contributed by atoms with Crippen LogP contribution in [0.2, 0.25) is 0 Å². The van der Waals surface area contributed by atoms with Gasteiger partial charge in [0.2, 0.25) is 5.91 Å². The van der Waals surface area contributed by atoms with E-state index < -0.39 is 0 Å². The number of carbonyl (C=O) groups is 2. The van der Waals surface area contributed by atoms with Crippen molar-refractivity contribution >= 4 is 11.8 Å². The highest BCUT2D eigenvalue weighted by Crippen LogP contribution is 2.22. The van der Waals surface area contributed by atoms with Gasteiger partial charge in [-0.05, 0) is 17.9 Å². The fraction of sp³-hybridized carbons (Fsp3) is 0.600. The summed E-state index contributed by atoms with van der Waals surface area (Å²) in [6, 6.07) is 8.97. The monoisotopic (exact) mass is 348 g/mol.